The molecule has 2 aromatic rings. The Morgan fingerprint density at radius 1 is 1.10 bits per heavy atom. The number of thioether (sulfide) groups is 1. The Bertz CT molecular complexity index is 1010. The number of hydrogen-bond donors (Lipinski definition) is 1. The zero-order valence-electron chi connectivity index (χ0n) is 17.1. The topological polar surface area (TPSA) is 49.4 Å². The number of fused-ring (bicyclic) bond motifs is 2. The van der Waals surface area contributed by atoms with Crippen LogP contribution in [0.2, 0.25) is 0 Å². The number of hydrogen-bond acceptors (Lipinski definition) is 3. The lowest BCUT2D eigenvalue weighted by atomic mass is 9.59. The van der Waals surface area contributed by atoms with E-state index in [0.717, 1.165) is 12.8 Å². The van der Waals surface area contributed by atoms with E-state index in [2.05, 4.69) is 60.8 Å². The zero-order chi connectivity index (χ0) is 20.5. The Labute approximate surface area is 181 Å². The molecule has 2 aromatic carbocycles. The van der Waals surface area contributed by atoms with Crippen LogP contribution in [0.1, 0.15) is 60.3 Å². The first-order chi connectivity index (χ1) is 14.6. The van der Waals surface area contributed by atoms with Crippen molar-refractivity contribution >= 4 is 23.6 Å². The van der Waals surface area contributed by atoms with Crippen molar-refractivity contribution in [2.45, 2.75) is 48.9 Å². The van der Waals surface area contributed by atoms with Gasteiger partial charge in [0.1, 0.15) is 6.04 Å². The number of rotatable bonds is 3. The van der Waals surface area contributed by atoms with E-state index < -0.39 is 0 Å². The third-order valence-corrected chi connectivity index (χ3v) is 9.21. The maximum absolute atomic E-state index is 13.1. The van der Waals surface area contributed by atoms with Crippen molar-refractivity contribution in [3.8, 4) is 0 Å². The van der Waals surface area contributed by atoms with E-state index in [1.54, 1.807) is 11.8 Å². The second kappa shape index (κ2) is 6.61. The fraction of sp³-hybridized carbons (Fsp3) is 0.440. The van der Waals surface area contributed by atoms with E-state index in [-0.39, 0.29) is 22.7 Å². The van der Waals surface area contributed by atoms with Gasteiger partial charge in [0, 0.05) is 30.6 Å². The standard InChI is InChI=1S/C25H26N2O2S/c1-25-11-10-22(28)27(25)21(14-30-25)24(29)26-13-15-12-20-16-6-2-4-8-18(16)23(15)19-9-5-3-7-17(19)20/h2-9,15,20-21,23H,10-14H2,1H3,(H,26,29)/t15-,20?,21+,23?,25+/m1/s1. The van der Waals surface area contributed by atoms with Gasteiger partial charge in [-0.15, -0.1) is 11.8 Å². The van der Waals surface area contributed by atoms with Gasteiger partial charge >= 0.3 is 0 Å². The van der Waals surface area contributed by atoms with Crippen LogP contribution >= 0.6 is 11.8 Å². The van der Waals surface area contributed by atoms with Crippen molar-refractivity contribution in [1.29, 1.82) is 0 Å². The predicted molar refractivity (Wildman–Crippen MR) is 118 cm³/mol. The van der Waals surface area contributed by atoms with Crippen LogP contribution in [0.15, 0.2) is 48.5 Å². The molecule has 2 bridgehead atoms. The summed E-state index contributed by atoms with van der Waals surface area (Å²) in [7, 11) is 0. The second-order valence-corrected chi connectivity index (χ2v) is 10.8. The monoisotopic (exact) mass is 418 g/mol. The van der Waals surface area contributed by atoms with Crippen molar-refractivity contribution in [3.63, 3.8) is 0 Å². The molecule has 4 nitrogen and oxygen atoms in total. The molecule has 2 fully saturated rings. The van der Waals surface area contributed by atoms with Crippen LogP contribution in [0.5, 0.6) is 0 Å². The molecule has 0 saturated carbocycles. The number of carbonyl (C=O) groups is 2. The van der Waals surface area contributed by atoms with Crippen molar-refractivity contribution in [3.05, 3.63) is 70.8 Å². The maximum atomic E-state index is 13.1. The Morgan fingerprint density at radius 2 is 1.73 bits per heavy atom. The third kappa shape index (κ3) is 2.54. The van der Waals surface area contributed by atoms with Crippen LogP contribution in [0.3, 0.4) is 0 Å². The van der Waals surface area contributed by atoms with Crippen LogP contribution < -0.4 is 5.32 Å². The molecule has 5 heteroatoms. The van der Waals surface area contributed by atoms with Crippen LogP contribution in [0, 0.1) is 5.92 Å². The molecule has 2 saturated heterocycles. The molecular formula is C25H26N2O2S. The van der Waals surface area contributed by atoms with Gasteiger partial charge in [0.25, 0.3) is 0 Å². The minimum Gasteiger partial charge on any atom is -0.354 e. The van der Waals surface area contributed by atoms with Crippen LogP contribution in [-0.4, -0.2) is 39.9 Å². The van der Waals surface area contributed by atoms with Crippen LogP contribution in [-0.2, 0) is 9.59 Å². The van der Waals surface area contributed by atoms with Gasteiger partial charge in [-0.3, -0.25) is 9.59 Å². The van der Waals surface area contributed by atoms with Crippen molar-refractivity contribution in [2.24, 2.45) is 5.92 Å². The van der Waals surface area contributed by atoms with Gasteiger partial charge in [0.2, 0.25) is 11.8 Å². The Kier molecular flexibility index (Phi) is 4.08. The highest BCUT2D eigenvalue weighted by Crippen LogP contribution is 2.55. The van der Waals surface area contributed by atoms with Gasteiger partial charge in [-0.25, -0.2) is 0 Å². The largest absolute Gasteiger partial charge is 0.354 e. The Balaban J connectivity index is 1.24. The highest BCUT2D eigenvalue weighted by Gasteiger charge is 2.53. The highest BCUT2D eigenvalue weighted by molar-refractivity contribution is 8.01. The van der Waals surface area contributed by atoms with Crippen molar-refractivity contribution in [1.82, 2.24) is 10.2 Å². The fourth-order valence-corrected chi connectivity index (χ4v) is 7.76. The summed E-state index contributed by atoms with van der Waals surface area (Å²) >= 11 is 1.75. The first kappa shape index (κ1) is 18.5. The average Bonchev–Trinajstić information content (AvgIpc) is 3.27. The summed E-state index contributed by atoms with van der Waals surface area (Å²) in [5.41, 5.74) is 5.75. The van der Waals surface area contributed by atoms with Crippen molar-refractivity contribution in [2.75, 3.05) is 12.3 Å². The number of amides is 2. The minimum absolute atomic E-state index is 0.0180. The van der Waals surface area contributed by atoms with Gasteiger partial charge in [-0.1, -0.05) is 48.5 Å². The lowest BCUT2D eigenvalue weighted by molar-refractivity contribution is -0.138. The maximum Gasteiger partial charge on any atom is 0.243 e. The normalized spacial score (nSPS) is 33.2. The highest BCUT2D eigenvalue weighted by atomic mass is 32.2. The third-order valence-electron chi connectivity index (χ3n) is 7.71. The lowest BCUT2D eigenvalue weighted by Crippen LogP contribution is -2.51. The molecule has 0 spiro atoms. The summed E-state index contributed by atoms with van der Waals surface area (Å²) in [5, 5.41) is 3.25. The van der Waals surface area contributed by atoms with E-state index in [0.29, 0.717) is 36.5 Å². The van der Waals surface area contributed by atoms with E-state index in [1.807, 2.05) is 4.90 Å². The summed E-state index contributed by atoms with van der Waals surface area (Å²) in [6.45, 7) is 2.77. The Hall–Kier alpha value is -2.27. The van der Waals surface area contributed by atoms with Crippen molar-refractivity contribution < 1.29 is 9.59 Å². The van der Waals surface area contributed by atoms with E-state index in [1.165, 1.54) is 22.3 Å². The van der Waals surface area contributed by atoms with Gasteiger partial charge in [0.05, 0.1) is 4.87 Å². The molecule has 154 valence electrons. The van der Waals surface area contributed by atoms with Gasteiger partial charge in [0.15, 0.2) is 0 Å². The van der Waals surface area contributed by atoms with Crippen LogP contribution in [0.4, 0.5) is 0 Å². The molecule has 2 amide bonds. The zero-order valence-corrected chi connectivity index (χ0v) is 18.0. The first-order valence-corrected chi connectivity index (χ1v) is 12.0. The SMILES string of the molecule is C[C@]12CCC(=O)N1[C@H](C(=O)NC[C@H]1CC3c4ccccc4C1c1ccccc13)CS2. The summed E-state index contributed by atoms with van der Waals surface area (Å²) in [6, 6.07) is 17.3. The van der Waals surface area contributed by atoms with Crippen LogP contribution in [0.25, 0.3) is 0 Å². The number of benzene rings is 2. The molecule has 5 aliphatic rings. The summed E-state index contributed by atoms with van der Waals surface area (Å²) in [6.07, 6.45) is 2.48. The minimum atomic E-state index is -0.324. The summed E-state index contributed by atoms with van der Waals surface area (Å²) in [4.78, 5) is 27.1. The molecule has 0 unspecified atom stereocenters. The number of nitrogens with one attached hydrogen (secondary N) is 1. The first-order valence-electron chi connectivity index (χ1n) is 11.0. The van der Waals surface area contributed by atoms with E-state index in [9.17, 15) is 9.59 Å². The van der Waals surface area contributed by atoms with E-state index >= 15 is 0 Å². The average molecular weight is 419 g/mol. The molecule has 2 heterocycles. The molecule has 30 heavy (non-hydrogen) atoms. The van der Waals surface area contributed by atoms with Gasteiger partial charge in [-0.2, -0.15) is 0 Å². The quantitative estimate of drug-likeness (QED) is 0.824. The molecule has 0 radical (unpaired) electrons. The van der Waals surface area contributed by atoms with Gasteiger partial charge in [-0.05, 0) is 47.9 Å². The number of carbonyl (C=O) groups excluding carboxylic acids is 2. The molecular weight excluding hydrogens is 392 g/mol. The molecule has 1 N–H and O–H groups in total. The summed E-state index contributed by atoms with van der Waals surface area (Å²) < 4.78 is 0. The molecule has 3 atom stereocenters. The van der Waals surface area contributed by atoms with E-state index in [4.69, 9.17) is 0 Å². The predicted octanol–water partition coefficient (Wildman–Crippen LogP) is 3.85. The molecule has 7 rings (SSSR count). The number of nitrogens with zero attached hydrogens (tertiary/aromatic N) is 1. The smallest absolute Gasteiger partial charge is 0.243 e. The lowest BCUT2D eigenvalue weighted by Gasteiger charge is -2.45. The molecule has 3 aliphatic carbocycles. The summed E-state index contributed by atoms with van der Waals surface area (Å²) in [5.74, 6) is 1.98. The fourth-order valence-electron chi connectivity index (χ4n) is 6.32. The van der Waals surface area contributed by atoms with Gasteiger partial charge < -0.3 is 10.2 Å². The Morgan fingerprint density at radius 3 is 2.40 bits per heavy atom. The molecule has 0 aromatic heterocycles. The molecule has 2 aliphatic heterocycles. The second-order valence-electron chi connectivity index (χ2n) is 9.29.